The molecular formula is C25H26FNO5S. The van der Waals surface area contributed by atoms with E-state index in [4.69, 9.17) is 9.47 Å². The summed E-state index contributed by atoms with van der Waals surface area (Å²) in [6.45, 7) is 7.10. The lowest BCUT2D eigenvalue weighted by Crippen LogP contribution is -2.41. The molecule has 2 atom stereocenters. The van der Waals surface area contributed by atoms with E-state index in [-0.39, 0.29) is 17.7 Å². The van der Waals surface area contributed by atoms with Crippen molar-refractivity contribution in [2.45, 2.75) is 45.3 Å². The predicted molar refractivity (Wildman–Crippen MR) is 128 cm³/mol. The van der Waals surface area contributed by atoms with Crippen LogP contribution in [0.3, 0.4) is 0 Å². The summed E-state index contributed by atoms with van der Waals surface area (Å²) in [5, 5.41) is 3.11. The van der Waals surface area contributed by atoms with E-state index in [0.717, 1.165) is 18.9 Å². The van der Waals surface area contributed by atoms with Gasteiger partial charge < -0.3 is 14.8 Å². The minimum absolute atomic E-state index is 0.0558. The van der Waals surface area contributed by atoms with Gasteiger partial charge in [0.2, 0.25) is 0 Å². The molecule has 0 fully saturated rings. The number of fused-ring (bicyclic) bond motifs is 2. The van der Waals surface area contributed by atoms with Crippen molar-refractivity contribution in [3.8, 4) is 5.75 Å². The van der Waals surface area contributed by atoms with Gasteiger partial charge in [0.15, 0.2) is 11.5 Å². The Hall–Kier alpha value is -3.26. The van der Waals surface area contributed by atoms with Gasteiger partial charge >= 0.3 is 5.97 Å². The van der Waals surface area contributed by atoms with Gasteiger partial charge in [-0.3, -0.25) is 9.59 Å². The number of nitrogens with one attached hydrogen (secondary N) is 1. The summed E-state index contributed by atoms with van der Waals surface area (Å²) in [5.74, 6) is -1.35. The average molecular weight is 472 g/mol. The molecule has 0 aliphatic carbocycles. The van der Waals surface area contributed by atoms with E-state index in [0.29, 0.717) is 21.2 Å². The van der Waals surface area contributed by atoms with E-state index in [9.17, 15) is 18.8 Å². The lowest BCUT2D eigenvalue weighted by Gasteiger charge is -2.20. The smallest absolute Gasteiger partial charge is 0.330 e. The average Bonchev–Trinajstić information content (AvgIpc) is 2.82. The van der Waals surface area contributed by atoms with Crippen molar-refractivity contribution in [1.29, 1.82) is 0 Å². The summed E-state index contributed by atoms with van der Waals surface area (Å²) in [5.41, 5.74) is -0.415. The van der Waals surface area contributed by atoms with Crippen molar-refractivity contribution >= 4 is 43.4 Å². The van der Waals surface area contributed by atoms with Gasteiger partial charge in [0.25, 0.3) is 5.91 Å². The highest BCUT2D eigenvalue weighted by molar-refractivity contribution is 7.24. The molecule has 1 N–H and O–H groups in total. The summed E-state index contributed by atoms with van der Waals surface area (Å²) >= 11 is 1.23. The highest BCUT2D eigenvalue weighted by Gasteiger charge is 2.21. The van der Waals surface area contributed by atoms with Crippen LogP contribution >= 0.6 is 11.3 Å². The molecule has 3 aromatic rings. The van der Waals surface area contributed by atoms with Crippen LogP contribution < -0.4 is 15.5 Å². The quantitative estimate of drug-likeness (QED) is 0.263. The number of unbranched alkanes of at least 4 members (excludes halogenated alkanes) is 1. The lowest BCUT2D eigenvalue weighted by molar-refractivity contribution is -0.144. The lowest BCUT2D eigenvalue weighted by atomic mass is 10.1. The molecule has 0 saturated carbocycles. The summed E-state index contributed by atoms with van der Waals surface area (Å²) in [6, 6.07) is 9.56. The first kappa shape index (κ1) is 24.4. The number of carbonyl (C=O) groups excluding carboxylic acids is 2. The van der Waals surface area contributed by atoms with E-state index < -0.39 is 35.3 Å². The maximum absolute atomic E-state index is 14.5. The van der Waals surface area contributed by atoms with Crippen molar-refractivity contribution < 1.29 is 23.5 Å². The number of benzene rings is 2. The zero-order valence-electron chi connectivity index (χ0n) is 18.6. The van der Waals surface area contributed by atoms with Crippen LogP contribution in [0.15, 0.2) is 53.8 Å². The van der Waals surface area contributed by atoms with E-state index >= 15 is 0 Å². The molecule has 1 amide bonds. The number of amides is 1. The minimum atomic E-state index is -0.922. The Morgan fingerprint density at radius 2 is 2.00 bits per heavy atom. The molecule has 0 saturated heterocycles. The van der Waals surface area contributed by atoms with E-state index in [1.54, 1.807) is 31.2 Å². The Morgan fingerprint density at radius 1 is 1.24 bits per heavy atom. The fourth-order valence-electron chi connectivity index (χ4n) is 3.38. The summed E-state index contributed by atoms with van der Waals surface area (Å²) in [7, 11) is 0. The summed E-state index contributed by atoms with van der Waals surface area (Å²) < 4.78 is 26.7. The van der Waals surface area contributed by atoms with Crippen LogP contribution in [0.5, 0.6) is 5.75 Å². The zero-order chi connectivity index (χ0) is 24.0. The number of halogens is 1. The van der Waals surface area contributed by atoms with Gasteiger partial charge in [-0.2, -0.15) is 0 Å². The van der Waals surface area contributed by atoms with Gasteiger partial charge in [-0.15, -0.1) is 11.3 Å². The molecule has 174 valence electrons. The zero-order valence-corrected chi connectivity index (χ0v) is 19.4. The first-order valence-corrected chi connectivity index (χ1v) is 11.6. The van der Waals surface area contributed by atoms with Crippen LogP contribution in [0.2, 0.25) is 0 Å². The van der Waals surface area contributed by atoms with Crippen LogP contribution in [0, 0.1) is 5.82 Å². The maximum Gasteiger partial charge on any atom is 0.330 e. The number of hydrogen-bond acceptors (Lipinski definition) is 6. The molecule has 0 spiro atoms. The van der Waals surface area contributed by atoms with Crippen molar-refractivity contribution in [3.05, 3.63) is 65.1 Å². The first-order valence-electron chi connectivity index (χ1n) is 10.8. The number of esters is 1. The standard InChI is InChI=1S/C25H26FNO5S/c1-4-6-9-16(32-21(28)5-2)14-27-25(30)15(3)31-19-13-12-18(26)22-23(29)17-10-7-8-11-20(17)33-24(19)22/h5,7-8,10-13,15-16H,2,4,6,9,14H2,1,3H3,(H,27,30). The van der Waals surface area contributed by atoms with Crippen molar-refractivity contribution in [2.75, 3.05) is 6.54 Å². The van der Waals surface area contributed by atoms with Gasteiger partial charge in [-0.05, 0) is 44.0 Å². The van der Waals surface area contributed by atoms with Gasteiger partial charge in [0.05, 0.1) is 16.6 Å². The van der Waals surface area contributed by atoms with Gasteiger partial charge in [0.1, 0.15) is 17.7 Å². The Balaban J connectivity index is 1.78. The van der Waals surface area contributed by atoms with Crippen LogP contribution in [0.25, 0.3) is 20.2 Å². The van der Waals surface area contributed by atoms with Crippen LogP contribution in [-0.4, -0.2) is 30.6 Å². The summed E-state index contributed by atoms with van der Waals surface area (Å²) in [4.78, 5) is 37.0. The highest BCUT2D eigenvalue weighted by atomic mass is 32.1. The third-order valence-electron chi connectivity index (χ3n) is 5.15. The Kier molecular flexibility index (Phi) is 8.16. The number of carbonyl (C=O) groups is 2. The number of hydrogen-bond donors (Lipinski definition) is 1. The monoisotopic (exact) mass is 471 g/mol. The number of rotatable bonds is 10. The molecule has 2 aromatic carbocycles. The Morgan fingerprint density at radius 3 is 2.73 bits per heavy atom. The molecule has 0 radical (unpaired) electrons. The molecule has 8 heteroatoms. The summed E-state index contributed by atoms with van der Waals surface area (Å²) in [6.07, 6.45) is 2.05. The fourth-order valence-corrected chi connectivity index (χ4v) is 4.53. The fraction of sp³-hybridized carbons (Fsp3) is 0.320. The van der Waals surface area contributed by atoms with Crippen molar-refractivity contribution in [2.24, 2.45) is 0 Å². The van der Waals surface area contributed by atoms with Gasteiger partial charge in [-0.25, -0.2) is 9.18 Å². The van der Waals surface area contributed by atoms with Crippen molar-refractivity contribution in [3.63, 3.8) is 0 Å². The van der Waals surface area contributed by atoms with E-state index in [1.165, 1.54) is 23.5 Å². The molecule has 33 heavy (non-hydrogen) atoms. The molecular weight excluding hydrogens is 445 g/mol. The van der Waals surface area contributed by atoms with E-state index in [1.807, 2.05) is 6.92 Å². The predicted octanol–water partition coefficient (Wildman–Crippen LogP) is 4.73. The van der Waals surface area contributed by atoms with E-state index in [2.05, 4.69) is 11.9 Å². The van der Waals surface area contributed by atoms with Gasteiger partial charge in [0, 0.05) is 16.2 Å². The van der Waals surface area contributed by atoms with Gasteiger partial charge in [-0.1, -0.05) is 32.1 Å². The molecule has 2 unspecified atom stereocenters. The van der Waals surface area contributed by atoms with Crippen LogP contribution in [0.1, 0.15) is 33.1 Å². The second kappa shape index (κ2) is 11.0. The molecule has 1 aromatic heterocycles. The molecule has 6 nitrogen and oxygen atoms in total. The maximum atomic E-state index is 14.5. The normalized spacial score (nSPS) is 12.8. The minimum Gasteiger partial charge on any atom is -0.479 e. The topological polar surface area (TPSA) is 81.7 Å². The van der Waals surface area contributed by atoms with Crippen LogP contribution in [-0.2, 0) is 14.3 Å². The molecule has 1 heterocycles. The number of ether oxygens (including phenoxy) is 2. The molecule has 3 rings (SSSR count). The molecule has 0 aliphatic rings. The SMILES string of the molecule is C=CC(=O)OC(CCCC)CNC(=O)C(C)Oc1ccc(F)c2c(=O)c3ccccc3sc12. The third-order valence-corrected chi connectivity index (χ3v) is 6.33. The second-order valence-corrected chi connectivity index (χ2v) is 8.64. The van der Waals surface area contributed by atoms with Crippen LogP contribution in [0.4, 0.5) is 4.39 Å². The Labute approximate surface area is 195 Å². The second-order valence-electron chi connectivity index (χ2n) is 7.59. The largest absolute Gasteiger partial charge is 0.479 e. The first-order chi connectivity index (χ1) is 15.8. The third kappa shape index (κ3) is 5.76. The highest BCUT2D eigenvalue weighted by Crippen LogP contribution is 2.34. The Bertz CT molecular complexity index is 1240. The molecule has 0 bridgehead atoms. The van der Waals surface area contributed by atoms with Crippen molar-refractivity contribution in [1.82, 2.24) is 5.32 Å². The molecule has 0 aliphatic heterocycles.